The van der Waals surface area contributed by atoms with Gasteiger partial charge in [-0.3, -0.25) is 0 Å². The van der Waals surface area contributed by atoms with Crippen LogP contribution in [-0.4, -0.2) is 23.7 Å². The maximum absolute atomic E-state index is 5.70. The molecule has 0 saturated heterocycles. The van der Waals surface area contributed by atoms with Gasteiger partial charge in [-0.05, 0) is 30.8 Å². The Morgan fingerprint density at radius 2 is 2.33 bits per heavy atom. The van der Waals surface area contributed by atoms with E-state index in [-0.39, 0.29) is 0 Å². The van der Waals surface area contributed by atoms with E-state index in [2.05, 4.69) is 17.2 Å². The monoisotopic (exact) mass is 243 g/mol. The zero-order chi connectivity index (χ0) is 11.3. The van der Waals surface area contributed by atoms with Gasteiger partial charge in [0.1, 0.15) is 5.15 Å². The van der Waals surface area contributed by atoms with E-state index >= 15 is 0 Å². The van der Waals surface area contributed by atoms with Crippen molar-refractivity contribution >= 4 is 34.6 Å². The van der Waals surface area contributed by atoms with E-state index in [1.54, 1.807) is 12.3 Å². The summed E-state index contributed by atoms with van der Waals surface area (Å²) in [6.45, 7) is 2.98. The fourth-order valence-corrected chi connectivity index (χ4v) is 1.35. The zero-order valence-corrected chi connectivity index (χ0v) is 10.4. The molecule has 1 rings (SSSR count). The Morgan fingerprint density at radius 1 is 1.60 bits per heavy atom. The standard InChI is InChI=1S/C10H14ClN3S/c1-3-6-12-10(15)14(2)8-4-5-9(11)13-7-8/h4-5,7H,3,6H2,1-2H3,(H,12,15). The predicted octanol–water partition coefficient (Wildman–Crippen LogP) is 2.46. The molecule has 0 atom stereocenters. The number of halogens is 1. The van der Waals surface area contributed by atoms with Crippen LogP contribution in [0.3, 0.4) is 0 Å². The van der Waals surface area contributed by atoms with E-state index in [1.165, 1.54) is 0 Å². The van der Waals surface area contributed by atoms with Crippen molar-refractivity contribution in [3.8, 4) is 0 Å². The summed E-state index contributed by atoms with van der Waals surface area (Å²) < 4.78 is 0. The van der Waals surface area contributed by atoms with Crippen LogP contribution in [0.25, 0.3) is 0 Å². The molecular formula is C10H14ClN3S. The van der Waals surface area contributed by atoms with Crippen LogP contribution in [0, 0.1) is 0 Å². The number of nitrogens with one attached hydrogen (secondary N) is 1. The zero-order valence-electron chi connectivity index (χ0n) is 8.83. The molecule has 0 aliphatic rings. The van der Waals surface area contributed by atoms with Crippen molar-refractivity contribution in [2.75, 3.05) is 18.5 Å². The summed E-state index contributed by atoms with van der Waals surface area (Å²) in [7, 11) is 1.90. The molecule has 82 valence electrons. The van der Waals surface area contributed by atoms with Gasteiger partial charge in [-0.15, -0.1) is 0 Å². The molecule has 5 heteroatoms. The largest absolute Gasteiger partial charge is 0.362 e. The minimum atomic E-state index is 0.486. The molecule has 0 saturated carbocycles. The first-order valence-corrected chi connectivity index (χ1v) is 5.57. The molecule has 0 aromatic carbocycles. The van der Waals surface area contributed by atoms with E-state index < -0.39 is 0 Å². The van der Waals surface area contributed by atoms with Crippen molar-refractivity contribution in [1.29, 1.82) is 0 Å². The second kappa shape index (κ2) is 5.88. The highest BCUT2D eigenvalue weighted by Crippen LogP contribution is 2.13. The third-order valence-electron chi connectivity index (χ3n) is 1.93. The summed E-state index contributed by atoms with van der Waals surface area (Å²) in [5.41, 5.74) is 0.924. The quantitative estimate of drug-likeness (QED) is 0.652. The summed E-state index contributed by atoms with van der Waals surface area (Å²) in [5.74, 6) is 0. The van der Waals surface area contributed by atoms with Gasteiger partial charge in [-0.2, -0.15) is 0 Å². The third kappa shape index (κ3) is 3.64. The number of nitrogens with zero attached hydrogens (tertiary/aromatic N) is 2. The first-order valence-electron chi connectivity index (χ1n) is 4.78. The van der Waals surface area contributed by atoms with Crippen molar-refractivity contribution in [1.82, 2.24) is 10.3 Å². The number of hydrogen-bond donors (Lipinski definition) is 1. The topological polar surface area (TPSA) is 28.2 Å². The molecule has 0 aliphatic carbocycles. The molecule has 15 heavy (non-hydrogen) atoms. The number of anilines is 1. The number of hydrogen-bond acceptors (Lipinski definition) is 2. The van der Waals surface area contributed by atoms with Gasteiger partial charge in [-0.1, -0.05) is 18.5 Å². The molecule has 0 radical (unpaired) electrons. The van der Waals surface area contributed by atoms with Crippen LogP contribution >= 0.6 is 23.8 Å². The normalized spacial score (nSPS) is 9.80. The molecule has 0 unspecified atom stereocenters. The van der Waals surface area contributed by atoms with Gasteiger partial charge in [0.2, 0.25) is 0 Å². The lowest BCUT2D eigenvalue weighted by atomic mass is 10.4. The van der Waals surface area contributed by atoms with E-state index in [0.29, 0.717) is 10.3 Å². The number of aromatic nitrogens is 1. The molecular weight excluding hydrogens is 230 g/mol. The summed E-state index contributed by atoms with van der Waals surface area (Å²) in [6.07, 6.45) is 2.75. The van der Waals surface area contributed by atoms with Crippen LogP contribution in [0.2, 0.25) is 5.15 Å². The van der Waals surface area contributed by atoms with Crippen molar-refractivity contribution in [3.05, 3.63) is 23.5 Å². The Morgan fingerprint density at radius 3 is 2.87 bits per heavy atom. The minimum absolute atomic E-state index is 0.486. The fourth-order valence-electron chi connectivity index (χ4n) is 1.03. The van der Waals surface area contributed by atoms with Crippen molar-refractivity contribution in [3.63, 3.8) is 0 Å². The molecule has 0 amide bonds. The van der Waals surface area contributed by atoms with Gasteiger partial charge in [0.25, 0.3) is 0 Å². The second-order valence-corrected chi connectivity index (χ2v) is 3.90. The first kappa shape index (κ1) is 12.2. The third-order valence-corrected chi connectivity index (χ3v) is 2.57. The van der Waals surface area contributed by atoms with Crippen LogP contribution in [-0.2, 0) is 0 Å². The van der Waals surface area contributed by atoms with Crippen LogP contribution in [0.1, 0.15) is 13.3 Å². The molecule has 3 nitrogen and oxygen atoms in total. The van der Waals surface area contributed by atoms with Crippen molar-refractivity contribution in [2.45, 2.75) is 13.3 Å². The maximum atomic E-state index is 5.70. The van der Waals surface area contributed by atoms with E-state index in [4.69, 9.17) is 23.8 Å². The Hall–Kier alpha value is -0.870. The fraction of sp³-hybridized carbons (Fsp3) is 0.400. The summed E-state index contributed by atoms with van der Waals surface area (Å²) in [4.78, 5) is 5.87. The lowest BCUT2D eigenvalue weighted by Gasteiger charge is -2.20. The van der Waals surface area contributed by atoms with Crippen molar-refractivity contribution in [2.24, 2.45) is 0 Å². The molecule has 1 aromatic rings. The van der Waals surface area contributed by atoms with Gasteiger partial charge in [0, 0.05) is 13.6 Å². The molecule has 0 fully saturated rings. The smallest absolute Gasteiger partial charge is 0.173 e. The van der Waals surface area contributed by atoms with Crippen molar-refractivity contribution < 1.29 is 0 Å². The van der Waals surface area contributed by atoms with E-state index in [1.807, 2.05) is 18.0 Å². The van der Waals surface area contributed by atoms with E-state index in [0.717, 1.165) is 18.7 Å². The summed E-state index contributed by atoms with van der Waals surface area (Å²) in [6, 6.07) is 3.63. The summed E-state index contributed by atoms with van der Waals surface area (Å²) >= 11 is 10.9. The molecule has 0 aliphatic heterocycles. The predicted molar refractivity (Wildman–Crippen MR) is 68.5 cm³/mol. The Bertz CT molecular complexity index is 326. The lowest BCUT2D eigenvalue weighted by molar-refractivity contribution is 0.837. The number of thiocarbonyl (C=S) groups is 1. The summed E-state index contributed by atoms with van der Waals surface area (Å²) in [5, 5.41) is 4.32. The Labute approximate surface area is 100 Å². The molecule has 1 heterocycles. The van der Waals surface area contributed by atoms with Gasteiger partial charge >= 0.3 is 0 Å². The number of rotatable bonds is 3. The average molecular weight is 244 g/mol. The number of pyridine rings is 1. The van der Waals surface area contributed by atoms with Gasteiger partial charge in [0.15, 0.2) is 5.11 Å². The van der Waals surface area contributed by atoms with Gasteiger partial charge in [0.05, 0.1) is 11.9 Å². The van der Waals surface area contributed by atoms with Crippen LogP contribution in [0.4, 0.5) is 5.69 Å². The molecule has 0 spiro atoms. The Balaban J connectivity index is 2.63. The SMILES string of the molecule is CCCNC(=S)N(C)c1ccc(Cl)nc1. The highest BCUT2D eigenvalue weighted by molar-refractivity contribution is 7.80. The maximum Gasteiger partial charge on any atom is 0.173 e. The van der Waals surface area contributed by atoms with Crippen LogP contribution < -0.4 is 10.2 Å². The molecule has 1 N–H and O–H groups in total. The molecule has 1 aromatic heterocycles. The second-order valence-electron chi connectivity index (χ2n) is 3.13. The molecule has 0 bridgehead atoms. The lowest BCUT2D eigenvalue weighted by Crippen LogP contribution is -2.37. The highest BCUT2D eigenvalue weighted by atomic mass is 35.5. The highest BCUT2D eigenvalue weighted by Gasteiger charge is 2.05. The minimum Gasteiger partial charge on any atom is -0.362 e. The van der Waals surface area contributed by atoms with Crippen LogP contribution in [0.15, 0.2) is 18.3 Å². The Kier molecular flexibility index (Phi) is 4.78. The van der Waals surface area contributed by atoms with Gasteiger partial charge in [-0.25, -0.2) is 4.98 Å². The van der Waals surface area contributed by atoms with Gasteiger partial charge < -0.3 is 10.2 Å². The first-order chi connectivity index (χ1) is 7.15. The van der Waals surface area contributed by atoms with E-state index in [9.17, 15) is 0 Å². The van der Waals surface area contributed by atoms with Crippen LogP contribution in [0.5, 0.6) is 0 Å². The average Bonchev–Trinajstić information content (AvgIpc) is 2.26.